The molecule has 0 saturated heterocycles. The lowest BCUT2D eigenvalue weighted by atomic mass is 10.0. The molecule has 0 radical (unpaired) electrons. The van der Waals surface area contributed by atoms with Crippen LogP contribution in [-0.4, -0.2) is 26.0 Å². The van der Waals surface area contributed by atoms with Crippen LogP contribution in [-0.2, 0) is 16.0 Å². The first kappa shape index (κ1) is 17.8. The minimum absolute atomic E-state index is 0.0167. The predicted octanol–water partition coefficient (Wildman–Crippen LogP) is 3.33. The molecule has 2 aromatic rings. The fraction of sp³-hybridized carbons (Fsp3) is 0.300. The molecule has 6 nitrogen and oxygen atoms in total. The molecule has 2 amide bonds. The highest BCUT2D eigenvalue weighted by atomic mass is 16.5. The number of carbonyl (C=O) groups excluding carboxylic acids is 2. The molecule has 0 spiro atoms. The molecule has 0 bridgehead atoms. The second-order valence-electron chi connectivity index (χ2n) is 6.25. The van der Waals surface area contributed by atoms with Gasteiger partial charge in [-0.15, -0.1) is 0 Å². The highest BCUT2D eigenvalue weighted by molar-refractivity contribution is 6.03. The third-order valence-corrected chi connectivity index (χ3v) is 4.54. The van der Waals surface area contributed by atoms with Crippen LogP contribution in [0.3, 0.4) is 0 Å². The van der Waals surface area contributed by atoms with Crippen LogP contribution in [0.4, 0.5) is 11.4 Å². The number of benzene rings is 2. The number of hydrogen-bond acceptors (Lipinski definition) is 4. The van der Waals surface area contributed by atoms with E-state index in [1.54, 1.807) is 20.3 Å². The highest BCUT2D eigenvalue weighted by Gasteiger charge is 2.26. The molecule has 3 rings (SSSR count). The number of hydrogen-bond donors (Lipinski definition) is 2. The summed E-state index contributed by atoms with van der Waals surface area (Å²) < 4.78 is 10.5. The minimum Gasteiger partial charge on any atom is -0.493 e. The molecule has 1 atom stereocenters. The van der Waals surface area contributed by atoms with Crippen molar-refractivity contribution in [2.45, 2.75) is 25.7 Å². The molecule has 1 heterocycles. The van der Waals surface area contributed by atoms with E-state index in [0.717, 1.165) is 16.8 Å². The van der Waals surface area contributed by atoms with Gasteiger partial charge in [0.05, 0.1) is 20.1 Å². The smallest absolute Gasteiger partial charge is 0.231 e. The van der Waals surface area contributed by atoms with Gasteiger partial charge in [-0.2, -0.15) is 0 Å². The Morgan fingerprint density at radius 1 is 1.12 bits per heavy atom. The summed E-state index contributed by atoms with van der Waals surface area (Å²) in [6.45, 7) is 1.85. The van der Waals surface area contributed by atoms with Crippen LogP contribution in [0.2, 0.25) is 0 Å². The number of rotatable bonds is 6. The van der Waals surface area contributed by atoms with E-state index in [2.05, 4.69) is 10.6 Å². The molecular weight excluding hydrogens is 332 g/mol. The summed E-state index contributed by atoms with van der Waals surface area (Å²) in [6, 6.07) is 11.1. The first-order valence-electron chi connectivity index (χ1n) is 8.47. The van der Waals surface area contributed by atoms with E-state index in [1.165, 1.54) is 0 Å². The van der Waals surface area contributed by atoms with Crippen molar-refractivity contribution in [3.63, 3.8) is 0 Å². The number of methoxy groups -OCH3 is 2. The summed E-state index contributed by atoms with van der Waals surface area (Å²) in [5.41, 5.74) is 3.41. The van der Waals surface area contributed by atoms with Gasteiger partial charge in [0.1, 0.15) is 0 Å². The summed E-state index contributed by atoms with van der Waals surface area (Å²) >= 11 is 0. The van der Waals surface area contributed by atoms with Crippen molar-refractivity contribution in [2.24, 2.45) is 0 Å². The van der Waals surface area contributed by atoms with Gasteiger partial charge in [-0.1, -0.05) is 6.07 Å². The van der Waals surface area contributed by atoms with Crippen molar-refractivity contribution in [1.82, 2.24) is 0 Å². The molecule has 0 aliphatic carbocycles. The number of nitrogens with one attached hydrogen (secondary N) is 2. The average Bonchev–Trinajstić information content (AvgIpc) is 2.93. The fourth-order valence-electron chi connectivity index (χ4n) is 3.01. The topological polar surface area (TPSA) is 76.7 Å². The maximum Gasteiger partial charge on any atom is 0.231 e. The zero-order chi connectivity index (χ0) is 18.7. The van der Waals surface area contributed by atoms with E-state index in [1.807, 2.05) is 37.3 Å². The van der Waals surface area contributed by atoms with Gasteiger partial charge >= 0.3 is 0 Å². The van der Waals surface area contributed by atoms with Crippen LogP contribution in [0.5, 0.6) is 11.5 Å². The third kappa shape index (κ3) is 3.64. The largest absolute Gasteiger partial charge is 0.493 e. The molecule has 1 aliphatic heterocycles. The van der Waals surface area contributed by atoms with Crippen molar-refractivity contribution in [3.05, 3.63) is 47.5 Å². The van der Waals surface area contributed by atoms with Gasteiger partial charge in [0, 0.05) is 17.8 Å². The molecule has 1 unspecified atom stereocenters. The van der Waals surface area contributed by atoms with E-state index in [-0.39, 0.29) is 17.7 Å². The van der Waals surface area contributed by atoms with Gasteiger partial charge in [-0.3, -0.25) is 9.59 Å². The molecule has 2 N–H and O–H groups in total. The molecule has 0 saturated carbocycles. The lowest BCUT2D eigenvalue weighted by Gasteiger charge is -2.10. The molecular formula is C20H22N2O4. The standard InChI is InChI=1S/C20H22N2O4/c1-12-15-11-14(6-7-16(15)22-20(12)24)21-19(23)9-5-13-4-8-17(25-2)18(10-13)26-3/h4,6-8,10-12H,5,9H2,1-3H3,(H,21,23)(H,22,24). The van der Waals surface area contributed by atoms with E-state index in [0.29, 0.717) is 30.0 Å². The second-order valence-corrected chi connectivity index (χ2v) is 6.25. The van der Waals surface area contributed by atoms with Gasteiger partial charge in [-0.05, 0) is 54.8 Å². The Labute approximate surface area is 152 Å². The Bertz CT molecular complexity index is 848. The lowest BCUT2D eigenvalue weighted by molar-refractivity contribution is -0.117. The maximum absolute atomic E-state index is 12.3. The number of amides is 2. The zero-order valence-corrected chi connectivity index (χ0v) is 15.1. The third-order valence-electron chi connectivity index (χ3n) is 4.54. The summed E-state index contributed by atoms with van der Waals surface area (Å²) in [5.74, 6) is 1.02. The van der Waals surface area contributed by atoms with Gasteiger partial charge in [0.25, 0.3) is 0 Å². The van der Waals surface area contributed by atoms with Gasteiger partial charge in [-0.25, -0.2) is 0 Å². The predicted molar refractivity (Wildman–Crippen MR) is 100.0 cm³/mol. The number of fused-ring (bicyclic) bond motifs is 1. The van der Waals surface area contributed by atoms with Crippen molar-refractivity contribution in [3.8, 4) is 11.5 Å². The molecule has 26 heavy (non-hydrogen) atoms. The molecule has 0 aromatic heterocycles. The Balaban J connectivity index is 1.61. The summed E-state index contributed by atoms with van der Waals surface area (Å²) in [5, 5.41) is 5.72. The Kier molecular flexibility index (Phi) is 5.11. The summed E-state index contributed by atoms with van der Waals surface area (Å²) in [7, 11) is 3.17. The van der Waals surface area contributed by atoms with Crippen LogP contribution in [0.15, 0.2) is 36.4 Å². The van der Waals surface area contributed by atoms with Crippen LogP contribution >= 0.6 is 0 Å². The van der Waals surface area contributed by atoms with Crippen molar-refractivity contribution in [2.75, 3.05) is 24.9 Å². The second kappa shape index (κ2) is 7.47. The lowest BCUT2D eigenvalue weighted by Crippen LogP contribution is -2.12. The molecule has 6 heteroatoms. The van der Waals surface area contributed by atoms with Crippen molar-refractivity contribution in [1.29, 1.82) is 0 Å². The minimum atomic E-state index is -0.200. The average molecular weight is 354 g/mol. The Morgan fingerprint density at radius 2 is 1.88 bits per heavy atom. The SMILES string of the molecule is COc1ccc(CCC(=O)Nc2ccc3c(c2)C(C)C(=O)N3)cc1OC. The monoisotopic (exact) mass is 354 g/mol. The number of aryl methyl sites for hydroxylation is 1. The molecule has 1 aliphatic rings. The van der Waals surface area contributed by atoms with Crippen LogP contribution in [0.1, 0.15) is 30.4 Å². The van der Waals surface area contributed by atoms with E-state index >= 15 is 0 Å². The first-order valence-corrected chi connectivity index (χ1v) is 8.47. The maximum atomic E-state index is 12.3. The van der Waals surface area contributed by atoms with Gasteiger partial charge < -0.3 is 20.1 Å². The van der Waals surface area contributed by atoms with Crippen molar-refractivity contribution >= 4 is 23.2 Å². The zero-order valence-electron chi connectivity index (χ0n) is 15.1. The van der Waals surface area contributed by atoms with Gasteiger partial charge in [0.15, 0.2) is 11.5 Å². The number of anilines is 2. The number of carbonyl (C=O) groups is 2. The van der Waals surface area contributed by atoms with Crippen LogP contribution in [0, 0.1) is 0 Å². The van der Waals surface area contributed by atoms with E-state index in [4.69, 9.17) is 9.47 Å². The first-order chi connectivity index (χ1) is 12.5. The highest BCUT2D eigenvalue weighted by Crippen LogP contribution is 2.34. The summed E-state index contributed by atoms with van der Waals surface area (Å²) in [4.78, 5) is 24.0. The molecule has 0 fully saturated rings. The van der Waals surface area contributed by atoms with E-state index in [9.17, 15) is 9.59 Å². The van der Waals surface area contributed by atoms with E-state index < -0.39 is 0 Å². The Morgan fingerprint density at radius 3 is 2.62 bits per heavy atom. The Hall–Kier alpha value is -3.02. The van der Waals surface area contributed by atoms with Gasteiger partial charge in [0.2, 0.25) is 11.8 Å². The molecule has 136 valence electrons. The fourth-order valence-corrected chi connectivity index (χ4v) is 3.01. The molecule has 2 aromatic carbocycles. The number of ether oxygens (including phenoxy) is 2. The normalized spacial score (nSPS) is 15.2. The van der Waals surface area contributed by atoms with Crippen molar-refractivity contribution < 1.29 is 19.1 Å². The quantitative estimate of drug-likeness (QED) is 0.834. The van der Waals surface area contributed by atoms with Crippen LogP contribution in [0.25, 0.3) is 0 Å². The summed E-state index contributed by atoms with van der Waals surface area (Å²) in [6.07, 6.45) is 0.937. The van der Waals surface area contributed by atoms with Crippen LogP contribution < -0.4 is 20.1 Å².